The molecule has 0 amide bonds. The Morgan fingerprint density at radius 3 is 2.76 bits per heavy atom. The number of hydrogen-bond acceptors (Lipinski definition) is 8. The first-order chi connectivity index (χ1) is 13.4. The van der Waals surface area contributed by atoms with Crippen LogP contribution in [0.3, 0.4) is 0 Å². The molecule has 3 aromatic heterocycles. The zero-order valence-electron chi connectivity index (χ0n) is 14.9. The zero-order valence-corrected chi connectivity index (χ0v) is 16.5. The smallest absolute Gasteiger partial charge is 0.341 e. The maximum atomic E-state index is 14.9. The largest absolute Gasteiger partial charge is 0.477 e. The second-order valence-corrected chi connectivity index (χ2v) is 7.88. The lowest BCUT2D eigenvalue weighted by Gasteiger charge is -2.19. The van der Waals surface area contributed by atoms with E-state index in [1.807, 2.05) is 0 Å². The van der Waals surface area contributed by atoms with Gasteiger partial charge in [0.05, 0.1) is 23.3 Å². The Bertz CT molecular complexity index is 1180. The van der Waals surface area contributed by atoms with Crippen LogP contribution in [0.1, 0.15) is 23.2 Å². The molecule has 1 spiro atoms. The van der Waals surface area contributed by atoms with Gasteiger partial charge in [0.25, 0.3) is 0 Å². The predicted molar refractivity (Wildman–Crippen MR) is 107 cm³/mol. The van der Waals surface area contributed by atoms with Crippen LogP contribution >= 0.6 is 24.1 Å². The number of halogens is 2. The van der Waals surface area contributed by atoms with Gasteiger partial charge >= 0.3 is 5.97 Å². The lowest BCUT2D eigenvalue weighted by molar-refractivity contribution is 0.0695. The van der Waals surface area contributed by atoms with Gasteiger partial charge in [-0.25, -0.2) is 14.2 Å². The predicted octanol–water partition coefficient (Wildman–Crippen LogP) is 1.42. The maximum Gasteiger partial charge on any atom is 0.341 e. The van der Waals surface area contributed by atoms with Crippen LogP contribution in [0.15, 0.2) is 23.3 Å². The molecule has 1 atom stereocenters. The van der Waals surface area contributed by atoms with Crippen LogP contribution in [0.25, 0.3) is 16.9 Å². The lowest BCUT2D eigenvalue weighted by Crippen LogP contribution is -2.30. The Hall–Kier alpha value is -2.63. The molecule has 29 heavy (non-hydrogen) atoms. The number of fused-ring (bicyclic) bond motifs is 1. The number of rotatable bonds is 3. The third-order valence-corrected chi connectivity index (χ3v) is 6.11. The van der Waals surface area contributed by atoms with Crippen LogP contribution in [-0.2, 0) is 0 Å². The Morgan fingerprint density at radius 2 is 2.17 bits per heavy atom. The van der Waals surface area contributed by atoms with Crippen molar-refractivity contribution in [3.8, 4) is 5.82 Å². The molecule has 1 saturated heterocycles. The van der Waals surface area contributed by atoms with E-state index in [4.69, 9.17) is 5.73 Å². The molecule has 1 aliphatic carbocycles. The molecular weight excluding hydrogens is 423 g/mol. The third kappa shape index (κ3) is 2.96. The van der Waals surface area contributed by atoms with Gasteiger partial charge in [-0.15, -0.1) is 12.4 Å². The minimum absolute atomic E-state index is 0. The molecule has 4 heterocycles. The van der Waals surface area contributed by atoms with E-state index >= 15 is 0 Å². The Morgan fingerprint density at radius 1 is 1.41 bits per heavy atom. The molecule has 0 bridgehead atoms. The average Bonchev–Trinajstić information content (AvgIpc) is 3.09. The molecule has 2 aliphatic rings. The highest BCUT2D eigenvalue weighted by atomic mass is 35.5. The fraction of sp³-hybridized carbons (Fsp3) is 0.353. The summed E-state index contributed by atoms with van der Waals surface area (Å²) in [5.74, 6) is -1.68. The van der Waals surface area contributed by atoms with Crippen molar-refractivity contribution in [2.45, 2.75) is 18.9 Å². The van der Waals surface area contributed by atoms with Crippen LogP contribution in [0.2, 0.25) is 0 Å². The van der Waals surface area contributed by atoms with Gasteiger partial charge in [0, 0.05) is 30.7 Å². The zero-order chi connectivity index (χ0) is 19.6. The van der Waals surface area contributed by atoms with E-state index in [9.17, 15) is 19.1 Å². The maximum absolute atomic E-state index is 14.9. The third-order valence-electron chi connectivity index (χ3n) is 5.64. The normalized spacial score (nSPS) is 19.5. The van der Waals surface area contributed by atoms with Gasteiger partial charge in [-0.05, 0) is 18.9 Å². The summed E-state index contributed by atoms with van der Waals surface area (Å²) in [7, 11) is 0. The van der Waals surface area contributed by atoms with Crippen molar-refractivity contribution >= 4 is 47.0 Å². The molecular formula is C17H16ClFN6O3S. The second kappa shape index (κ2) is 6.71. The highest BCUT2D eigenvalue weighted by Crippen LogP contribution is 2.52. The van der Waals surface area contributed by atoms with Crippen molar-refractivity contribution in [3.05, 3.63) is 40.1 Å². The van der Waals surface area contributed by atoms with Gasteiger partial charge in [-0.1, -0.05) is 0 Å². The van der Waals surface area contributed by atoms with Crippen LogP contribution in [0.5, 0.6) is 0 Å². The number of carboxylic acid groups (broad SMARTS) is 1. The number of aromatic nitrogens is 4. The number of carboxylic acids is 1. The van der Waals surface area contributed by atoms with Crippen molar-refractivity contribution in [1.29, 1.82) is 0 Å². The van der Waals surface area contributed by atoms with Gasteiger partial charge < -0.3 is 15.7 Å². The first-order valence-electron chi connectivity index (χ1n) is 8.67. The summed E-state index contributed by atoms with van der Waals surface area (Å²) in [6.45, 7) is 1.09. The van der Waals surface area contributed by atoms with Crippen molar-refractivity contribution in [3.63, 3.8) is 0 Å². The van der Waals surface area contributed by atoms with Crippen LogP contribution in [-0.4, -0.2) is 48.5 Å². The van der Waals surface area contributed by atoms with E-state index in [0.717, 1.165) is 36.8 Å². The molecule has 3 aromatic rings. The SMILES string of the molecule is Cl.NC1CN(c2nc3c(cc2F)c(=O)c(C(=O)O)cn3-c2cnsn2)CC12CC2. The molecule has 1 aliphatic heterocycles. The summed E-state index contributed by atoms with van der Waals surface area (Å²) < 4.78 is 24.3. The van der Waals surface area contributed by atoms with Crippen molar-refractivity contribution in [2.75, 3.05) is 18.0 Å². The summed E-state index contributed by atoms with van der Waals surface area (Å²) in [5.41, 5.74) is 5.09. The summed E-state index contributed by atoms with van der Waals surface area (Å²) in [5, 5.41) is 9.23. The van der Waals surface area contributed by atoms with Gasteiger partial charge in [-0.3, -0.25) is 9.36 Å². The van der Waals surface area contributed by atoms with E-state index in [1.54, 1.807) is 4.90 Å². The standard InChI is InChI=1S/C17H15FN6O3S.ClH/c18-10-3-8-13(25)9(16(26)27)5-24(12-4-20-28-22-12)14(8)21-15(10)23-6-11(19)17(7-23)1-2-17;/h3-5,11H,1-2,6-7,19H2,(H,26,27);1H. The number of nitrogens with two attached hydrogens (primary N) is 1. The first kappa shape index (κ1) is 19.7. The molecule has 2 fully saturated rings. The van der Waals surface area contributed by atoms with E-state index in [0.29, 0.717) is 18.9 Å². The summed E-state index contributed by atoms with van der Waals surface area (Å²) in [6, 6.07) is 0.996. The Kier molecular flexibility index (Phi) is 4.56. The number of aromatic carboxylic acids is 1. The molecule has 9 nitrogen and oxygen atoms in total. The molecule has 152 valence electrons. The molecule has 3 N–H and O–H groups in total. The van der Waals surface area contributed by atoms with Gasteiger partial charge in [0.15, 0.2) is 23.1 Å². The summed E-state index contributed by atoms with van der Waals surface area (Å²) in [6.07, 6.45) is 4.60. The van der Waals surface area contributed by atoms with E-state index in [2.05, 4.69) is 13.7 Å². The molecule has 1 unspecified atom stereocenters. The number of carbonyl (C=O) groups is 1. The topological polar surface area (TPSA) is 127 Å². The first-order valence-corrected chi connectivity index (χ1v) is 9.40. The fourth-order valence-electron chi connectivity index (χ4n) is 3.87. The van der Waals surface area contributed by atoms with Crippen molar-refractivity contribution in [2.24, 2.45) is 11.1 Å². The fourth-order valence-corrected chi connectivity index (χ4v) is 4.28. The van der Waals surface area contributed by atoms with Crippen molar-refractivity contribution in [1.82, 2.24) is 18.3 Å². The quantitative estimate of drug-likeness (QED) is 0.628. The Balaban J connectivity index is 0.00000205. The summed E-state index contributed by atoms with van der Waals surface area (Å²) >= 11 is 0.927. The molecule has 0 radical (unpaired) electrons. The lowest BCUT2D eigenvalue weighted by atomic mass is 10.0. The van der Waals surface area contributed by atoms with Crippen molar-refractivity contribution < 1.29 is 14.3 Å². The minimum atomic E-state index is -1.41. The molecule has 5 rings (SSSR count). The monoisotopic (exact) mass is 438 g/mol. The number of nitrogens with zero attached hydrogens (tertiary/aromatic N) is 5. The number of pyridine rings is 2. The number of hydrogen-bond donors (Lipinski definition) is 2. The average molecular weight is 439 g/mol. The van der Waals surface area contributed by atoms with Gasteiger partial charge in [0.2, 0.25) is 5.43 Å². The van der Waals surface area contributed by atoms with Crippen LogP contribution in [0, 0.1) is 11.2 Å². The number of anilines is 1. The molecule has 12 heteroatoms. The second-order valence-electron chi connectivity index (χ2n) is 7.33. The van der Waals surface area contributed by atoms with Gasteiger partial charge in [0.1, 0.15) is 5.56 Å². The summed E-state index contributed by atoms with van der Waals surface area (Å²) in [4.78, 5) is 30.3. The van der Waals surface area contributed by atoms with Crippen LogP contribution < -0.4 is 16.1 Å². The van der Waals surface area contributed by atoms with E-state index in [1.165, 1.54) is 10.8 Å². The van der Waals surface area contributed by atoms with E-state index < -0.39 is 22.8 Å². The van der Waals surface area contributed by atoms with Crippen LogP contribution in [0.4, 0.5) is 10.2 Å². The van der Waals surface area contributed by atoms with E-state index in [-0.39, 0.29) is 40.7 Å². The highest BCUT2D eigenvalue weighted by molar-refractivity contribution is 6.99. The van der Waals surface area contributed by atoms with Gasteiger partial charge in [-0.2, -0.15) is 8.75 Å². The highest BCUT2D eigenvalue weighted by Gasteiger charge is 2.54. The minimum Gasteiger partial charge on any atom is -0.477 e. The molecule has 1 saturated carbocycles. The molecule has 0 aromatic carbocycles. The Labute approximate surface area is 173 Å².